The van der Waals surface area contributed by atoms with Crippen LogP contribution in [0.4, 0.5) is 0 Å². The molecule has 0 aromatic carbocycles. The number of carbonyl (C=O) groups excluding carboxylic acids is 3. The molecule has 0 aromatic heterocycles. The Labute approximate surface area is 188 Å². The molecular weight excluding hydrogens is 424 g/mol. The Morgan fingerprint density at radius 1 is 0.875 bits per heavy atom. The summed E-state index contributed by atoms with van der Waals surface area (Å²) >= 11 is 0. The van der Waals surface area contributed by atoms with Gasteiger partial charge in [0.1, 0.15) is 31.9 Å². The van der Waals surface area contributed by atoms with E-state index in [0.29, 0.717) is 0 Å². The maximum Gasteiger partial charge on any atom is 0.331 e. The highest BCUT2D eigenvalue weighted by molar-refractivity contribution is 5.81. The van der Waals surface area contributed by atoms with Gasteiger partial charge in [-0.3, -0.25) is 9.59 Å². The topological polar surface area (TPSA) is 116 Å². The van der Waals surface area contributed by atoms with E-state index < -0.39 is 48.4 Å². The Kier molecular flexibility index (Phi) is 15.5. The molecule has 0 spiro atoms. The van der Waals surface area contributed by atoms with Crippen LogP contribution in [-0.2, 0) is 47.5 Å². The smallest absolute Gasteiger partial charge is 0.331 e. The molecule has 0 heterocycles. The second kappa shape index (κ2) is 16.9. The quantitative estimate of drug-likeness (QED) is 0.0897. The molecule has 0 radical (unpaired) electrons. The number of rotatable bonds is 15. The Hall–Kier alpha value is -2.71. The van der Waals surface area contributed by atoms with Gasteiger partial charge in [0.25, 0.3) is 0 Å². The lowest BCUT2D eigenvalue weighted by atomic mass is 10.0. The lowest BCUT2D eigenvalue weighted by Gasteiger charge is -2.33. The second-order valence-electron chi connectivity index (χ2n) is 6.36. The molecule has 0 unspecified atom stereocenters. The molecule has 0 aromatic rings. The van der Waals surface area contributed by atoms with Crippen LogP contribution in [0.5, 0.6) is 0 Å². The number of esters is 3. The molecule has 0 aliphatic carbocycles. The minimum Gasteiger partial charge on any atom is -0.460 e. The number of hydrogen-bond acceptors (Lipinski definition) is 10. The van der Waals surface area contributed by atoms with E-state index in [2.05, 4.69) is 25.0 Å². The van der Waals surface area contributed by atoms with Gasteiger partial charge in [-0.1, -0.05) is 24.5 Å². The fraction of sp³-hybridized carbons (Fsp3) is 0.591. The van der Waals surface area contributed by atoms with Gasteiger partial charge in [-0.2, -0.15) is 0 Å². The van der Waals surface area contributed by atoms with Crippen molar-refractivity contribution in [3.63, 3.8) is 0 Å². The number of ether oxygens (including phenoxy) is 7. The first-order valence-electron chi connectivity index (χ1n) is 9.70. The standard InChI is InChI=1S/C22H32O10/c1-8-10-18(32-20(25)9-2)11-12-19(31-17(5)24)22(29-14-27-7)21(28-13-26-6)15(3)30-16(4)23/h8-9,15,18-19,21-22H,1-2,10,13-14H2,3-7H3/t15-,18+,19+,21-,22+/m0/s1. The predicted octanol–water partition coefficient (Wildman–Crippen LogP) is 1.53. The fourth-order valence-corrected chi connectivity index (χ4v) is 2.48. The van der Waals surface area contributed by atoms with E-state index in [0.717, 1.165) is 6.08 Å². The fourth-order valence-electron chi connectivity index (χ4n) is 2.48. The van der Waals surface area contributed by atoms with Crippen LogP contribution in [-0.4, -0.2) is 76.2 Å². The van der Waals surface area contributed by atoms with Crippen molar-refractivity contribution < 1.29 is 47.5 Å². The average Bonchev–Trinajstić information content (AvgIpc) is 2.72. The van der Waals surface area contributed by atoms with Crippen LogP contribution >= 0.6 is 0 Å². The zero-order valence-corrected chi connectivity index (χ0v) is 19.2. The summed E-state index contributed by atoms with van der Waals surface area (Å²) in [6, 6.07) is 0. The minimum absolute atomic E-state index is 0.167. The van der Waals surface area contributed by atoms with Crippen molar-refractivity contribution in [2.45, 2.75) is 57.7 Å². The van der Waals surface area contributed by atoms with E-state index in [1.54, 1.807) is 6.92 Å². The van der Waals surface area contributed by atoms with Gasteiger partial charge in [-0.05, 0) is 6.92 Å². The number of methoxy groups -OCH3 is 2. The van der Waals surface area contributed by atoms with Crippen molar-refractivity contribution >= 4 is 17.9 Å². The van der Waals surface area contributed by atoms with Crippen molar-refractivity contribution in [2.24, 2.45) is 0 Å². The number of hydrogen-bond donors (Lipinski definition) is 0. The van der Waals surface area contributed by atoms with Gasteiger partial charge >= 0.3 is 17.9 Å². The van der Waals surface area contributed by atoms with E-state index in [9.17, 15) is 14.4 Å². The third-order valence-corrected chi connectivity index (χ3v) is 3.68. The van der Waals surface area contributed by atoms with Gasteiger partial charge in [0.2, 0.25) is 0 Å². The normalized spacial score (nSPS) is 15.0. The number of carbonyl (C=O) groups is 3. The third kappa shape index (κ3) is 12.2. The van der Waals surface area contributed by atoms with Crippen LogP contribution in [0.3, 0.4) is 0 Å². The van der Waals surface area contributed by atoms with E-state index in [1.807, 2.05) is 0 Å². The van der Waals surface area contributed by atoms with Crippen molar-refractivity contribution in [1.82, 2.24) is 0 Å². The van der Waals surface area contributed by atoms with Crippen molar-refractivity contribution in [3.05, 3.63) is 25.3 Å². The maximum absolute atomic E-state index is 11.8. The molecule has 0 aliphatic heterocycles. The van der Waals surface area contributed by atoms with Crippen molar-refractivity contribution in [3.8, 4) is 11.8 Å². The molecule has 10 heteroatoms. The summed E-state index contributed by atoms with van der Waals surface area (Å²) in [5.74, 6) is 3.61. The molecule has 0 rings (SSSR count). The first-order valence-corrected chi connectivity index (χ1v) is 9.70. The van der Waals surface area contributed by atoms with Gasteiger partial charge < -0.3 is 33.2 Å². The zero-order valence-electron chi connectivity index (χ0n) is 19.2. The van der Waals surface area contributed by atoms with Crippen LogP contribution in [0.1, 0.15) is 27.2 Å². The zero-order chi connectivity index (χ0) is 24.5. The van der Waals surface area contributed by atoms with Crippen LogP contribution in [0.25, 0.3) is 0 Å². The van der Waals surface area contributed by atoms with Gasteiger partial charge in [0, 0.05) is 40.6 Å². The highest BCUT2D eigenvalue weighted by Crippen LogP contribution is 2.19. The average molecular weight is 456 g/mol. The Bertz CT molecular complexity index is 678. The molecule has 0 saturated heterocycles. The predicted molar refractivity (Wildman–Crippen MR) is 113 cm³/mol. The molecule has 0 amide bonds. The van der Waals surface area contributed by atoms with Gasteiger partial charge in [0.05, 0.1) is 0 Å². The van der Waals surface area contributed by atoms with Crippen LogP contribution in [0.2, 0.25) is 0 Å². The Morgan fingerprint density at radius 3 is 1.91 bits per heavy atom. The summed E-state index contributed by atoms with van der Waals surface area (Å²) in [4.78, 5) is 34.8. The first kappa shape index (κ1) is 29.3. The largest absolute Gasteiger partial charge is 0.460 e. The van der Waals surface area contributed by atoms with E-state index in [-0.39, 0.29) is 20.0 Å². The van der Waals surface area contributed by atoms with Gasteiger partial charge in [0.15, 0.2) is 12.2 Å². The molecule has 0 N–H and O–H groups in total. The van der Waals surface area contributed by atoms with Crippen LogP contribution in [0.15, 0.2) is 25.3 Å². The van der Waals surface area contributed by atoms with E-state index in [1.165, 1.54) is 34.1 Å². The van der Waals surface area contributed by atoms with Gasteiger partial charge in [-0.15, -0.1) is 6.58 Å². The molecule has 5 atom stereocenters. The highest BCUT2D eigenvalue weighted by atomic mass is 16.7. The summed E-state index contributed by atoms with van der Waals surface area (Å²) in [6.07, 6.45) is -2.18. The van der Waals surface area contributed by atoms with Crippen molar-refractivity contribution in [1.29, 1.82) is 0 Å². The second-order valence-corrected chi connectivity index (χ2v) is 6.36. The van der Waals surface area contributed by atoms with E-state index in [4.69, 9.17) is 33.2 Å². The summed E-state index contributed by atoms with van der Waals surface area (Å²) in [6.45, 7) is 10.6. The van der Waals surface area contributed by atoms with E-state index >= 15 is 0 Å². The minimum atomic E-state index is -1.20. The molecular formula is C22H32O10. The summed E-state index contributed by atoms with van der Waals surface area (Å²) in [5.41, 5.74) is 0. The van der Waals surface area contributed by atoms with Gasteiger partial charge in [-0.25, -0.2) is 4.79 Å². The maximum atomic E-state index is 11.8. The Balaban J connectivity index is 6.13. The molecule has 180 valence electrons. The monoisotopic (exact) mass is 456 g/mol. The molecule has 0 aliphatic rings. The summed E-state index contributed by atoms with van der Waals surface area (Å²) in [5, 5.41) is 0. The summed E-state index contributed by atoms with van der Waals surface area (Å²) in [7, 11) is 2.81. The molecule has 0 bridgehead atoms. The SMILES string of the molecule is C=CC[C@H](C#C[C@@H](OC(C)=O)[C@@H](OCOC)[C@@H](OCOC)[C@H](C)OC(C)=O)OC(=O)C=C. The first-order chi connectivity index (χ1) is 15.2. The molecule has 32 heavy (non-hydrogen) atoms. The highest BCUT2D eigenvalue weighted by Gasteiger charge is 2.38. The molecule has 0 fully saturated rings. The third-order valence-electron chi connectivity index (χ3n) is 3.68. The summed E-state index contributed by atoms with van der Waals surface area (Å²) < 4.78 is 37.0. The molecule has 0 saturated carbocycles. The lowest BCUT2D eigenvalue weighted by molar-refractivity contribution is -0.212. The Morgan fingerprint density at radius 2 is 1.44 bits per heavy atom. The van der Waals surface area contributed by atoms with Crippen molar-refractivity contribution in [2.75, 3.05) is 27.8 Å². The van der Waals surface area contributed by atoms with Crippen LogP contribution < -0.4 is 0 Å². The lowest BCUT2D eigenvalue weighted by Crippen LogP contribution is -2.49. The molecule has 10 nitrogen and oxygen atoms in total. The van der Waals surface area contributed by atoms with Crippen LogP contribution in [0, 0.1) is 11.8 Å².